The predicted molar refractivity (Wildman–Crippen MR) is 81.1 cm³/mol. The number of nitrogens with zero attached hydrogens (tertiary/aromatic N) is 1. The summed E-state index contributed by atoms with van der Waals surface area (Å²) in [5.74, 6) is 0.706. The van der Waals surface area contributed by atoms with Crippen molar-refractivity contribution >= 4 is 27.3 Å². The third kappa shape index (κ3) is 3.27. The van der Waals surface area contributed by atoms with Crippen LogP contribution in [0.15, 0.2) is 46.9 Å². The smallest absolute Gasteiger partial charge is 0.274 e. The molecule has 0 unspecified atom stereocenters. The number of benzene rings is 2. The van der Waals surface area contributed by atoms with E-state index in [-0.39, 0.29) is 10.6 Å². The Kier molecular flexibility index (Phi) is 4.57. The van der Waals surface area contributed by atoms with Crippen LogP contribution in [-0.4, -0.2) is 12.0 Å². The molecule has 0 aliphatic carbocycles. The first-order valence-electron chi connectivity index (χ1n) is 5.91. The molecule has 104 valence electrons. The fraction of sp³-hybridized carbons (Fsp3) is 0.143. The predicted octanol–water partition coefficient (Wildman–Crippen LogP) is 3.98. The van der Waals surface area contributed by atoms with Crippen LogP contribution >= 0.6 is 15.9 Å². The van der Waals surface area contributed by atoms with Crippen molar-refractivity contribution in [2.45, 2.75) is 6.54 Å². The molecule has 0 saturated carbocycles. The van der Waals surface area contributed by atoms with Crippen LogP contribution in [0.3, 0.4) is 0 Å². The molecule has 2 rings (SSSR count). The van der Waals surface area contributed by atoms with Gasteiger partial charge in [0.2, 0.25) is 0 Å². The van der Waals surface area contributed by atoms with Crippen molar-refractivity contribution in [3.8, 4) is 5.75 Å². The fourth-order valence-electron chi connectivity index (χ4n) is 1.81. The van der Waals surface area contributed by atoms with E-state index in [4.69, 9.17) is 4.74 Å². The van der Waals surface area contributed by atoms with Gasteiger partial charge in [0.05, 0.1) is 16.5 Å². The number of para-hydroxylation sites is 1. The standard InChI is InChI=1S/C14H13BrN2O3/c1-20-14-8-11(6-7-12(14)15)16-9-10-4-2-3-5-13(10)17(18)19/h2-8,16H,9H2,1H3. The second-order valence-corrected chi connectivity index (χ2v) is 4.94. The lowest BCUT2D eigenvalue weighted by molar-refractivity contribution is -0.385. The van der Waals surface area contributed by atoms with Gasteiger partial charge in [-0.3, -0.25) is 10.1 Å². The maximum atomic E-state index is 10.9. The van der Waals surface area contributed by atoms with Crippen molar-refractivity contribution in [3.05, 3.63) is 62.6 Å². The number of halogens is 1. The second-order valence-electron chi connectivity index (χ2n) is 4.09. The zero-order valence-corrected chi connectivity index (χ0v) is 12.4. The molecule has 1 N–H and O–H groups in total. The normalized spacial score (nSPS) is 10.1. The van der Waals surface area contributed by atoms with Gasteiger partial charge in [-0.15, -0.1) is 0 Å². The molecule has 0 saturated heterocycles. The van der Waals surface area contributed by atoms with Crippen molar-refractivity contribution in [2.24, 2.45) is 0 Å². The Morgan fingerprint density at radius 2 is 2.05 bits per heavy atom. The number of hydrogen-bond donors (Lipinski definition) is 1. The Morgan fingerprint density at radius 3 is 2.75 bits per heavy atom. The first kappa shape index (κ1) is 14.3. The molecule has 0 aromatic heterocycles. The molecule has 0 amide bonds. The molecule has 0 radical (unpaired) electrons. The zero-order valence-electron chi connectivity index (χ0n) is 10.8. The van der Waals surface area contributed by atoms with Gasteiger partial charge in [-0.05, 0) is 28.1 Å². The van der Waals surface area contributed by atoms with Gasteiger partial charge in [0.1, 0.15) is 5.75 Å². The lowest BCUT2D eigenvalue weighted by Gasteiger charge is -2.09. The van der Waals surface area contributed by atoms with E-state index < -0.39 is 0 Å². The van der Waals surface area contributed by atoms with Gasteiger partial charge in [-0.2, -0.15) is 0 Å². The summed E-state index contributed by atoms with van der Waals surface area (Å²) in [7, 11) is 1.59. The lowest BCUT2D eigenvalue weighted by atomic mass is 10.2. The molecule has 2 aromatic rings. The Balaban J connectivity index is 2.15. The molecule has 0 aliphatic heterocycles. The van der Waals surface area contributed by atoms with Crippen molar-refractivity contribution in [3.63, 3.8) is 0 Å². The molecule has 0 bridgehead atoms. The van der Waals surface area contributed by atoms with Crippen molar-refractivity contribution in [1.82, 2.24) is 0 Å². The monoisotopic (exact) mass is 336 g/mol. The summed E-state index contributed by atoms with van der Waals surface area (Å²) in [6.07, 6.45) is 0. The van der Waals surface area contributed by atoms with E-state index in [1.54, 1.807) is 25.3 Å². The van der Waals surface area contributed by atoms with Crippen LogP contribution in [0, 0.1) is 10.1 Å². The lowest BCUT2D eigenvalue weighted by Crippen LogP contribution is -2.03. The first-order chi connectivity index (χ1) is 9.61. The quantitative estimate of drug-likeness (QED) is 0.662. The van der Waals surface area contributed by atoms with Crippen LogP contribution < -0.4 is 10.1 Å². The number of anilines is 1. The number of methoxy groups -OCH3 is 1. The van der Waals surface area contributed by atoms with Crippen molar-refractivity contribution < 1.29 is 9.66 Å². The Bertz CT molecular complexity index is 632. The van der Waals surface area contributed by atoms with E-state index in [0.29, 0.717) is 17.9 Å². The maximum absolute atomic E-state index is 10.9. The summed E-state index contributed by atoms with van der Waals surface area (Å²) >= 11 is 3.38. The summed E-state index contributed by atoms with van der Waals surface area (Å²) < 4.78 is 6.06. The minimum Gasteiger partial charge on any atom is -0.495 e. The largest absolute Gasteiger partial charge is 0.495 e. The van der Waals surface area contributed by atoms with Crippen LogP contribution in [0.4, 0.5) is 11.4 Å². The van der Waals surface area contributed by atoms with Crippen LogP contribution in [0.5, 0.6) is 5.75 Å². The number of hydrogen-bond acceptors (Lipinski definition) is 4. The van der Waals surface area contributed by atoms with Gasteiger partial charge >= 0.3 is 0 Å². The number of rotatable bonds is 5. The van der Waals surface area contributed by atoms with E-state index in [1.807, 2.05) is 18.2 Å². The van der Waals surface area contributed by atoms with E-state index in [9.17, 15) is 10.1 Å². The Morgan fingerprint density at radius 1 is 1.30 bits per heavy atom. The number of nitro benzene ring substituents is 1. The summed E-state index contributed by atoms with van der Waals surface area (Å²) in [4.78, 5) is 10.6. The van der Waals surface area contributed by atoms with Gasteiger partial charge in [0.25, 0.3) is 5.69 Å². The highest BCUT2D eigenvalue weighted by atomic mass is 79.9. The zero-order chi connectivity index (χ0) is 14.5. The molecule has 0 spiro atoms. The highest BCUT2D eigenvalue weighted by Gasteiger charge is 2.11. The first-order valence-corrected chi connectivity index (χ1v) is 6.71. The summed E-state index contributed by atoms with van der Waals surface area (Å²) in [6.45, 7) is 0.377. The molecule has 0 aliphatic rings. The average molecular weight is 337 g/mol. The second kappa shape index (κ2) is 6.38. The number of ether oxygens (including phenoxy) is 1. The van der Waals surface area contributed by atoms with E-state index in [1.165, 1.54) is 6.07 Å². The minimum absolute atomic E-state index is 0.115. The number of nitro groups is 1. The van der Waals surface area contributed by atoms with Gasteiger partial charge in [0, 0.05) is 29.9 Å². The van der Waals surface area contributed by atoms with Crippen molar-refractivity contribution in [1.29, 1.82) is 0 Å². The van der Waals surface area contributed by atoms with Gasteiger partial charge in [0.15, 0.2) is 0 Å². The highest BCUT2D eigenvalue weighted by Crippen LogP contribution is 2.28. The highest BCUT2D eigenvalue weighted by molar-refractivity contribution is 9.10. The van der Waals surface area contributed by atoms with Crippen molar-refractivity contribution in [2.75, 3.05) is 12.4 Å². The van der Waals surface area contributed by atoms with Crippen LogP contribution in [0.1, 0.15) is 5.56 Å². The third-order valence-electron chi connectivity index (χ3n) is 2.82. The summed E-state index contributed by atoms with van der Waals surface area (Å²) in [5, 5.41) is 14.1. The van der Waals surface area contributed by atoms with Crippen LogP contribution in [0.25, 0.3) is 0 Å². The molecule has 0 fully saturated rings. The average Bonchev–Trinajstić information content (AvgIpc) is 2.46. The topological polar surface area (TPSA) is 64.4 Å². The summed E-state index contributed by atoms with van der Waals surface area (Å²) in [5.41, 5.74) is 1.59. The SMILES string of the molecule is COc1cc(NCc2ccccc2[N+](=O)[O-])ccc1Br. The molecule has 2 aromatic carbocycles. The Hall–Kier alpha value is -2.08. The molecule has 5 nitrogen and oxygen atoms in total. The van der Waals surface area contributed by atoms with Gasteiger partial charge in [-0.1, -0.05) is 18.2 Å². The maximum Gasteiger partial charge on any atom is 0.274 e. The molecule has 0 heterocycles. The van der Waals surface area contributed by atoms with E-state index >= 15 is 0 Å². The van der Waals surface area contributed by atoms with E-state index in [2.05, 4.69) is 21.2 Å². The number of nitrogens with one attached hydrogen (secondary N) is 1. The molecule has 20 heavy (non-hydrogen) atoms. The molecule has 0 atom stereocenters. The summed E-state index contributed by atoms with van der Waals surface area (Å²) in [6, 6.07) is 12.2. The van der Waals surface area contributed by atoms with Crippen LogP contribution in [-0.2, 0) is 6.54 Å². The molecule has 6 heteroatoms. The molecular weight excluding hydrogens is 324 g/mol. The minimum atomic E-state index is -0.376. The fourth-order valence-corrected chi connectivity index (χ4v) is 2.21. The van der Waals surface area contributed by atoms with E-state index in [0.717, 1.165) is 10.2 Å². The van der Waals surface area contributed by atoms with Gasteiger partial charge < -0.3 is 10.1 Å². The Labute approximate surface area is 124 Å². The van der Waals surface area contributed by atoms with Crippen LogP contribution in [0.2, 0.25) is 0 Å². The van der Waals surface area contributed by atoms with Gasteiger partial charge in [-0.25, -0.2) is 0 Å². The molecular formula is C14H13BrN2O3. The third-order valence-corrected chi connectivity index (χ3v) is 3.48.